The largest absolute Gasteiger partial charge is 0.396 e. The Balaban J connectivity index is 2.06. The quantitative estimate of drug-likeness (QED) is 0.645. The van der Waals surface area contributed by atoms with Crippen molar-refractivity contribution < 1.29 is 9.84 Å². The van der Waals surface area contributed by atoms with Crippen LogP contribution >= 0.6 is 0 Å². The molecular formula is C11H22O2. The van der Waals surface area contributed by atoms with Crippen molar-refractivity contribution in [2.45, 2.75) is 51.6 Å². The van der Waals surface area contributed by atoms with Gasteiger partial charge in [-0.1, -0.05) is 32.6 Å². The van der Waals surface area contributed by atoms with Gasteiger partial charge in [0.2, 0.25) is 0 Å². The molecule has 78 valence electrons. The Labute approximate surface area is 81.3 Å². The first-order chi connectivity index (χ1) is 6.38. The molecule has 0 bridgehead atoms. The van der Waals surface area contributed by atoms with Crippen LogP contribution in [0.5, 0.6) is 0 Å². The first-order valence-corrected chi connectivity index (χ1v) is 5.61. The fourth-order valence-corrected chi connectivity index (χ4v) is 1.99. The lowest BCUT2D eigenvalue weighted by Crippen LogP contribution is -2.18. The van der Waals surface area contributed by atoms with Gasteiger partial charge in [-0.15, -0.1) is 0 Å². The van der Waals surface area contributed by atoms with Crippen LogP contribution in [0, 0.1) is 5.92 Å². The summed E-state index contributed by atoms with van der Waals surface area (Å²) in [5.74, 6) is 0.418. The Morgan fingerprint density at radius 3 is 2.85 bits per heavy atom. The smallest absolute Gasteiger partial charge is 0.0626 e. The van der Waals surface area contributed by atoms with E-state index in [4.69, 9.17) is 9.84 Å². The SMILES string of the molecule is CCCCCCC1OCCC1CO. The highest BCUT2D eigenvalue weighted by atomic mass is 16.5. The summed E-state index contributed by atoms with van der Waals surface area (Å²) in [4.78, 5) is 0. The zero-order valence-electron chi connectivity index (χ0n) is 8.67. The normalized spacial score (nSPS) is 28.2. The van der Waals surface area contributed by atoms with Gasteiger partial charge >= 0.3 is 0 Å². The summed E-state index contributed by atoms with van der Waals surface area (Å²) < 4.78 is 5.58. The highest BCUT2D eigenvalue weighted by Crippen LogP contribution is 2.24. The monoisotopic (exact) mass is 186 g/mol. The van der Waals surface area contributed by atoms with Gasteiger partial charge < -0.3 is 9.84 Å². The Morgan fingerprint density at radius 1 is 1.31 bits per heavy atom. The van der Waals surface area contributed by atoms with E-state index in [1.807, 2.05) is 0 Å². The van der Waals surface area contributed by atoms with E-state index in [1.54, 1.807) is 0 Å². The summed E-state index contributed by atoms with van der Waals surface area (Å²) in [6, 6.07) is 0. The van der Waals surface area contributed by atoms with Crippen molar-refractivity contribution in [3.05, 3.63) is 0 Å². The van der Waals surface area contributed by atoms with E-state index in [-0.39, 0.29) is 0 Å². The number of aliphatic hydroxyl groups excluding tert-OH is 1. The highest BCUT2D eigenvalue weighted by Gasteiger charge is 2.26. The van der Waals surface area contributed by atoms with Gasteiger partial charge in [0, 0.05) is 19.1 Å². The Morgan fingerprint density at radius 2 is 2.15 bits per heavy atom. The van der Waals surface area contributed by atoms with Gasteiger partial charge in [0.25, 0.3) is 0 Å². The lowest BCUT2D eigenvalue weighted by Gasteiger charge is -2.15. The number of hydrogen-bond acceptors (Lipinski definition) is 2. The molecule has 0 spiro atoms. The second-order valence-corrected chi connectivity index (χ2v) is 3.99. The van der Waals surface area contributed by atoms with Crippen LogP contribution in [0.3, 0.4) is 0 Å². The molecule has 1 aliphatic heterocycles. The van der Waals surface area contributed by atoms with Gasteiger partial charge in [-0.05, 0) is 12.8 Å². The molecule has 0 aromatic rings. The Hall–Kier alpha value is -0.0800. The van der Waals surface area contributed by atoms with Crippen molar-refractivity contribution in [1.29, 1.82) is 0 Å². The average Bonchev–Trinajstić information content (AvgIpc) is 2.60. The minimum Gasteiger partial charge on any atom is -0.396 e. The summed E-state index contributed by atoms with van der Waals surface area (Å²) in [7, 11) is 0. The van der Waals surface area contributed by atoms with E-state index in [2.05, 4.69) is 6.92 Å². The van der Waals surface area contributed by atoms with Gasteiger partial charge in [-0.25, -0.2) is 0 Å². The molecule has 2 heteroatoms. The first-order valence-electron chi connectivity index (χ1n) is 5.61. The molecule has 13 heavy (non-hydrogen) atoms. The van der Waals surface area contributed by atoms with Crippen molar-refractivity contribution in [2.75, 3.05) is 13.2 Å². The third-order valence-electron chi connectivity index (χ3n) is 2.92. The van der Waals surface area contributed by atoms with Crippen molar-refractivity contribution in [2.24, 2.45) is 5.92 Å². The standard InChI is InChI=1S/C11H22O2/c1-2-3-4-5-6-11-10(9-12)7-8-13-11/h10-12H,2-9H2,1H3. The molecule has 0 amide bonds. The second-order valence-electron chi connectivity index (χ2n) is 3.99. The minimum absolute atomic E-state index is 0.304. The fraction of sp³-hybridized carbons (Fsp3) is 1.00. The van der Waals surface area contributed by atoms with E-state index >= 15 is 0 Å². The maximum atomic E-state index is 9.06. The molecular weight excluding hydrogens is 164 g/mol. The van der Waals surface area contributed by atoms with E-state index in [1.165, 1.54) is 25.7 Å². The molecule has 1 N–H and O–H groups in total. The third-order valence-corrected chi connectivity index (χ3v) is 2.92. The molecule has 0 radical (unpaired) electrons. The molecule has 1 saturated heterocycles. The number of ether oxygens (including phenoxy) is 1. The molecule has 2 unspecified atom stereocenters. The molecule has 1 fully saturated rings. The van der Waals surface area contributed by atoms with Crippen molar-refractivity contribution in [3.63, 3.8) is 0 Å². The molecule has 0 aromatic heterocycles. The molecule has 0 aromatic carbocycles. The second kappa shape index (κ2) is 6.39. The zero-order chi connectivity index (χ0) is 9.52. The van der Waals surface area contributed by atoms with Crippen LogP contribution in [-0.2, 0) is 4.74 Å². The van der Waals surface area contributed by atoms with Crippen LogP contribution in [0.2, 0.25) is 0 Å². The lowest BCUT2D eigenvalue weighted by molar-refractivity contribution is 0.0638. The number of unbranched alkanes of at least 4 members (excludes halogenated alkanes) is 3. The minimum atomic E-state index is 0.304. The highest BCUT2D eigenvalue weighted by molar-refractivity contribution is 4.75. The topological polar surface area (TPSA) is 29.5 Å². The predicted molar refractivity (Wildman–Crippen MR) is 53.7 cm³/mol. The fourth-order valence-electron chi connectivity index (χ4n) is 1.99. The van der Waals surface area contributed by atoms with Gasteiger partial charge in [0.1, 0.15) is 0 Å². The Bertz CT molecular complexity index is 125. The molecule has 0 saturated carbocycles. The summed E-state index contributed by atoms with van der Waals surface area (Å²) in [6.45, 7) is 3.38. The van der Waals surface area contributed by atoms with Crippen LogP contribution in [0.4, 0.5) is 0 Å². The number of hydrogen-bond donors (Lipinski definition) is 1. The number of aliphatic hydroxyl groups is 1. The summed E-state index contributed by atoms with van der Waals surface area (Å²) in [5, 5.41) is 9.06. The third kappa shape index (κ3) is 3.65. The van der Waals surface area contributed by atoms with Crippen molar-refractivity contribution in [3.8, 4) is 0 Å². The average molecular weight is 186 g/mol. The van der Waals surface area contributed by atoms with Crippen LogP contribution in [-0.4, -0.2) is 24.4 Å². The molecule has 0 aliphatic carbocycles. The molecule has 1 rings (SSSR count). The van der Waals surface area contributed by atoms with Gasteiger partial charge in [-0.3, -0.25) is 0 Å². The molecule has 1 heterocycles. The van der Waals surface area contributed by atoms with Gasteiger partial charge in [0.15, 0.2) is 0 Å². The predicted octanol–water partition coefficient (Wildman–Crippen LogP) is 2.35. The van der Waals surface area contributed by atoms with Crippen LogP contribution < -0.4 is 0 Å². The number of rotatable bonds is 6. The van der Waals surface area contributed by atoms with Crippen LogP contribution in [0.25, 0.3) is 0 Å². The summed E-state index contributed by atoms with van der Waals surface area (Å²) >= 11 is 0. The van der Waals surface area contributed by atoms with Crippen molar-refractivity contribution >= 4 is 0 Å². The summed E-state index contributed by atoms with van der Waals surface area (Å²) in [5.41, 5.74) is 0. The molecule has 2 atom stereocenters. The van der Waals surface area contributed by atoms with Crippen LogP contribution in [0.15, 0.2) is 0 Å². The van der Waals surface area contributed by atoms with Crippen molar-refractivity contribution in [1.82, 2.24) is 0 Å². The maximum absolute atomic E-state index is 9.06. The lowest BCUT2D eigenvalue weighted by atomic mass is 9.97. The first kappa shape index (κ1) is 11.0. The molecule has 2 nitrogen and oxygen atoms in total. The van der Waals surface area contributed by atoms with E-state index in [0.717, 1.165) is 19.4 Å². The van der Waals surface area contributed by atoms with Crippen LogP contribution in [0.1, 0.15) is 45.4 Å². The zero-order valence-corrected chi connectivity index (χ0v) is 8.67. The van der Waals surface area contributed by atoms with E-state index < -0.39 is 0 Å². The Kier molecular flexibility index (Phi) is 5.40. The van der Waals surface area contributed by atoms with Gasteiger partial charge in [0.05, 0.1) is 6.10 Å². The van der Waals surface area contributed by atoms with Gasteiger partial charge in [-0.2, -0.15) is 0 Å². The van der Waals surface area contributed by atoms with E-state index in [0.29, 0.717) is 18.6 Å². The van der Waals surface area contributed by atoms with E-state index in [9.17, 15) is 0 Å². The maximum Gasteiger partial charge on any atom is 0.0626 e. The molecule has 1 aliphatic rings. The summed E-state index contributed by atoms with van der Waals surface area (Å²) in [6.07, 6.45) is 7.73.